The summed E-state index contributed by atoms with van der Waals surface area (Å²) < 4.78 is 68.5. The second-order valence-corrected chi connectivity index (χ2v) is 29.2. The number of carbonyl (C=O) groups excluding carboxylic acids is 4. The second-order valence-electron chi connectivity index (χ2n) is 26.3. The van der Waals surface area contributed by atoms with Crippen molar-refractivity contribution in [3.8, 4) is 0 Å². The van der Waals surface area contributed by atoms with Crippen LogP contribution in [0.5, 0.6) is 0 Å². The van der Waals surface area contributed by atoms with Gasteiger partial charge >= 0.3 is 39.5 Å². The molecule has 0 saturated heterocycles. The number of aliphatic hydroxyl groups is 1. The number of phosphoric ester groups is 2. The van der Waals surface area contributed by atoms with Crippen LogP contribution in [0.2, 0.25) is 0 Å². The van der Waals surface area contributed by atoms with Gasteiger partial charge in [-0.25, -0.2) is 9.13 Å². The smallest absolute Gasteiger partial charge is 0.462 e. The predicted octanol–water partition coefficient (Wildman–Crippen LogP) is 22.4. The van der Waals surface area contributed by atoms with Crippen molar-refractivity contribution in [2.75, 3.05) is 39.6 Å². The zero-order chi connectivity index (χ0) is 71.8. The molecular weight excluding hydrogens is 1280 g/mol. The fourth-order valence-corrected chi connectivity index (χ4v) is 12.3. The minimum absolute atomic E-state index is 0.0720. The number of hydrogen-bond acceptors (Lipinski definition) is 15. The summed E-state index contributed by atoms with van der Waals surface area (Å²) in [7, 11) is -9.95. The lowest BCUT2D eigenvalue weighted by molar-refractivity contribution is -0.161. The molecule has 0 spiro atoms. The lowest BCUT2D eigenvalue weighted by Gasteiger charge is -2.21. The maximum atomic E-state index is 13.1. The molecule has 5 unspecified atom stereocenters. The van der Waals surface area contributed by atoms with Gasteiger partial charge in [-0.2, -0.15) is 0 Å². The highest BCUT2D eigenvalue weighted by Gasteiger charge is 2.30. The molecule has 0 saturated carbocycles. The first kappa shape index (κ1) is 94.5. The van der Waals surface area contributed by atoms with Crippen LogP contribution in [-0.4, -0.2) is 96.7 Å². The molecule has 0 fully saturated rings. The van der Waals surface area contributed by atoms with Gasteiger partial charge < -0.3 is 33.8 Å². The maximum Gasteiger partial charge on any atom is 0.472 e. The molecule has 3 N–H and O–H groups in total. The monoisotopic (exact) mass is 1420 g/mol. The first-order chi connectivity index (χ1) is 47.7. The molecule has 0 aliphatic heterocycles. The Balaban J connectivity index is 5.36. The average Bonchev–Trinajstić information content (AvgIpc) is 1.04. The van der Waals surface area contributed by atoms with Crippen molar-refractivity contribution in [1.29, 1.82) is 0 Å². The molecule has 0 aliphatic carbocycles. The van der Waals surface area contributed by atoms with Crippen LogP contribution in [0.25, 0.3) is 0 Å². The minimum Gasteiger partial charge on any atom is -0.462 e. The summed E-state index contributed by atoms with van der Waals surface area (Å²) >= 11 is 0. The zero-order valence-corrected chi connectivity index (χ0v) is 64.0. The molecule has 570 valence electrons. The quantitative estimate of drug-likeness (QED) is 0.0169. The largest absolute Gasteiger partial charge is 0.472 e. The van der Waals surface area contributed by atoms with Gasteiger partial charge in [0.15, 0.2) is 12.2 Å². The molecule has 0 heterocycles. The first-order valence-electron chi connectivity index (χ1n) is 39.2. The van der Waals surface area contributed by atoms with E-state index in [9.17, 15) is 43.2 Å². The average molecular weight is 1430 g/mol. The fraction of sp³-hybridized carbons (Fsp3) is 0.797. The SMILES string of the molecule is CC/C=C\C/C=C\C/C=C\C/C=C\CCCCC(=O)OCC(COP(=O)(O)OCC(O)COP(=O)(O)OCC(COC(=O)CCCCCCCCCCCCCCCCC)OC(=O)CCCCCCCCCCCCCCC)OC(=O)CCCCCCC/C=C\C/C=C\CCCCC. The van der Waals surface area contributed by atoms with Gasteiger partial charge in [-0.3, -0.25) is 37.3 Å². The number of aliphatic hydroxyl groups excluding tert-OH is 1. The van der Waals surface area contributed by atoms with Gasteiger partial charge in [0, 0.05) is 25.7 Å². The van der Waals surface area contributed by atoms with Crippen LogP contribution in [0.15, 0.2) is 72.9 Å². The third-order valence-corrected chi connectivity index (χ3v) is 18.6. The van der Waals surface area contributed by atoms with Crippen LogP contribution >= 0.6 is 15.6 Å². The summed E-state index contributed by atoms with van der Waals surface area (Å²) in [6, 6.07) is 0. The van der Waals surface area contributed by atoms with Crippen LogP contribution in [0.4, 0.5) is 0 Å². The third-order valence-electron chi connectivity index (χ3n) is 16.7. The summed E-state index contributed by atoms with van der Waals surface area (Å²) in [5.41, 5.74) is 0. The van der Waals surface area contributed by atoms with Crippen LogP contribution in [0.1, 0.15) is 349 Å². The Morgan fingerprint density at radius 1 is 0.296 bits per heavy atom. The Labute approximate surface area is 596 Å². The van der Waals surface area contributed by atoms with Gasteiger partial charge in [-0.15, -0.1) is 0 Å². The van der Waals surface area contributed by atoms with Crippen molar-refractivity contribution in [3.05, 3.63) is 72.9 Å². The lowest BCUT2D eigenvalue weighted by atomic mass is 10.0. The fourth-order valence-electron chi connectivity index (χ4n) is 10.7. The molecule has 0 aromatic heterocycles. The molecule has 0 aliphatic rings. The molecule has 0 aromatic carbocycles. The van der Waals surface area contributed by atoms with E-state index in [2.05, 4.69) is 101 Å². The number of phosphoric acid groups is 2. The highest BCUT2D eigenvalue weighted by Crippen LogP contribution is 2.45. The van der Waals surface area contributed by atoms with Crippen molar-refractivity contribution < 1.29 is 80.2 Å². The van der Waals surface area contributed by atoms with Gasteiger partial charge in [0.1, 0.15) is 19.3 Å². The summed E-state index contributed by atoms with van der Waals surface area (Å²) in [5.74, 6) is -2.21. The van der Waals surface area contributed by atoms with Crippen molar-refractivity contribution >= 4 is 39.5 Å². The molecule has 98 heavy (non-hydrogen) atoms. The van der Waals surface area contributed by atoms with E-state index in [4.69, 9.17) is 37.0 Å². The van der Waals surface area contributed by atoms with E-state index in [0.717, 1.165) is 128 Å². The molecule has 0 radical (unpaired) electrons. The number of ether oxygens (including phenoxy) is 4. The van der Waals surface area contributed by atoms with E-state index in [1.165, 1.54) is 141 Å². The van der Waals surface area contributed by atoms with Crippen LogP contribution in [0.3, 0.4) is 0 Å². The molecule has 0 rings (SSSR count). The van der Waals surface area contributed by atoms with E-state index >= 15 is 0 Å². The van der Waals surface area contributed by atoms with E-state index < -0.39 is 97.5 Å². The Kier molecular flexibility index (Phi) is 69.3. The van der Waals surface area contributed by atoms with E-state index in [-0.39, 0.29) is 25.7 Å². The molecule has 5 atom stereocenters. The summed E-state index contributed by atoms with van der Waals surface area (Å²) in [6.07, 6.45) is 71.7. The zero-order valence-electron chi connectivity index (χ0n) is 62.2. The molecule has 0 amide bonds. The highest BCUT2D eigenvalue weighted by molar-refractivity contribution is 7.47. The van der Waals surface area contributed by atoms with Gasteiger partial charge in [-0.1, -0.05) is 300 Å². The Morgan fingerprint density at radius 2 is 0.531 bits per heavy atom. The summed E-state index contributed by atoms with van der Waals surface area (Å²) in [5, 5.41) is 10.6. The predicted molar refractivity (Wildman–Crippen MR) is 400 cm³/mol. The topological polar surface area (TPSA) is 237 Å². The highest BCUT2D eigenvalue weighted by atomic mass is 31.2. The van der Waals surface area contributed by atoms with Crippen molar-refractivity contribution in [1.82, 2.24) is 0 Å². The van der Waals surface area contributed by atoms with Gasteiger partial charge in [0.2, 0.25) is 0 Å². The Hall–Kier alpha value is -3.50. The van der Waals surface area contributed by atoms with Crippen molar-refractivity contribution in [2.24, 2.45) is 0 Å². The number of unbranched alkanes of at least 4 members (excludes halogenated alkanes) is 36. The van der Waals surface area contributed by atoms with Gasteiger partial charge in [0.25, 0.3) is 0 Å². The molecule has 0 aromatic rings. The van der Waals surface area contributed by atoms with Crippen LogP contribution in [-0.2, 0) is 65.4 Å². The normalized spacial score (nSPS) is 14.3. The summed E-state index contributed by atoms with van der Waals surface area (Å²) in [4.78, 5) is 72.9. The molecular formula is C79H142O17P2. The standard InChI is InChI=1S/C79H142O17P2/c1-5-9-13-17-21-25-29-33-36-40-43-47-51-55-59-63-76(81)89-69-74(95-78(83)65-61-57-53-49-45-39-32-28-24-20-16-12-8-4)71-93-97(85,86)91-67-73(80)68-92-98(87,88)94-72-75(96-79(84)66-62-58-54-50-46-42-38-35-31-27-23-19-15-11-7-3)70-90-77(82)64-60-56-52-48-44-41-37-34-30-26-22-18-14-10-6-2/h10,14,22-23,26-27,34-35,37-38,44,48,73-75,80H,5-9,11-13,15-21,24-25,28-33,36,39-43,45-47,49-72H2,1-4H3,(H,85,86)(H,87,88)/b14-10-,26-22-,27-23-,37-34-,38-35-,48-44-. The third kappa shape index (κ3) is 70.9. The number of esters is 4. The molecule has 0 bridgehead atoms. The Morgan fingerprint density at radius 3 is 0.857 bits per heavy atom. The number of hydrogen-bond donors (Lipinski definition) is 3. The lowest BCUT2D eigenvalue weighted by Crippen LogP contribution is -2.30. The van der Waals surface area contributed by atoms with E-state index in [1.807, 2.05) is 0 Å². The van der Waals surface area contributed by atoms with Gasteiger partial charge in [0.05, 0.1) is 26.4 Å². The number of rotatable bonds is 74. The second kappa shape index (κ2) is 71.9. The number of allylic oxidation sites excluding steroid dienone is 12. The first-order valence-corrected chi connectivity index (χ1v) is 42.2. The van der Waals surface area contributed by atoms with Crippen LogP contribution < -0.4 is 0 Å². The van der Waals surface area contributed by atoms with Gasteiger partial charge in [-0.05, 0) is 96.3 Å². The van der Waals surface area contributed by atoms with Crippen molar-refractivity contribution in [3.63, 3.8) is 0 Å². The van der Waals surface area contributed by atoms with E-state index in [1.54, 1.807) is 0 Å². The molecule has 19 heteroatoms. The minimum atomic E-state index is -4.98. The molecule has 17 nitrogen and oxygen atoms in total. The number of carbonyl (C=O) groups is 4. The van der Waals surface area contributed by atoms with E-state index in [0.29, 0.717) is 25.7 Å². The van der Waals surface area contributed by atoms with Crippen molar-refractivity contribution in [2.45, 2.75) is 367 Å². The summed E-state index contributed by atoms with van der Waals surface area (Å²) in [6.45, 7) is 4.73. The maximum absolute atomic E-state index is 13.1. The van der Waals surface area contributed by atoms with Crippen LogP contribution in [0, 0.1) is 0 Å². The Bertz CT molecular complexity index is 2140.